The Bertz CT molecular complexity index is 1200. The molecule has 34 heavy (non-hydrogen) atoms. The van der Waals surface area contributed by atoms with Gasteiger partial charge in [0.1, 0.15) is 5.82 Å². The van der Waals surface area contributed by atoms with Gasteiger partial charge < -0.3 is 14.8 Å². The molecule has 12 heteroatoms. The first-order valence-electron chi connectivity index (χ1n) is 10.4. The Kier molecular flexibility index (Phi) is 8.91. The molecule has 0 aliphatic carbocycles. The lowest BCUT2D eigenvalue weighted by Gasteiger charge is -2.22. The summed E-state index contributed by atoms with van der Waals surface area (Å²) in [6, 6.07) is 13.4. The number of carbonyl (C=O) groups excluding carboxylic acids is 1. The number of carbonyl (C=O) groups is 1. The van der Waals surface area contributed by atoms with Gasteiger partial charge in [0, 0.05) is 24.9 Å². The molecule has 0 unspecified atom stereocenters. The van der Waals surface area contributed by atoms with E-state index in [1.165, 1.54) is 44.2 Å². The van der Waals surface area contributed by atoms with Crippen molar-refractivity contribution in [3.8, 4) is 11.5 Å². The van der Waals surface area contributed by atoms with Gasteiger partial charge in [-0.15, -0.1) is 5.10 Å². The van der Waals surface area contributed by atoms with Gasteiger partial charge in [0.15, 0.2) is 11.5 Å². The average Bonchev–Trinajstić information content (AvgIpc) is 3.26. The highest BCUT2D eigenvalue weighted by Crippen LogP contribution is 2.31. The Balaban J connectivity index is 1.73. The van der Waals surface area contributed by atoms with Crippen LogP contribution in [-0.2, 0) is 21.4 Å². The molecule has 0 bridgehead atoms. The third-order valence-electron chi connectivity index (χ3n) is 4.75. The van der Waals surface area contributed by atoms with Crippen LogP contribution in [-0.4, -0.2) is 66.9 Å². The molecule has 0 atom stereocenters. The smallest absolute Gasteiger partial charge is 0.243 e. The standard InChI is InChI=1S/C22H27N5O5S2/c1-16-24-22(26-25-16)33-12-11-23-21(28)15-27(14-17-7-5-4-6-8-17)34(29,30)18-9-10-19(31-2)20(13-18)32-3/h4-10,13H,11-12,14-15H2,1-3H3,(H,23,28)(H,24,25,26). The molecule has 0 spiro atoms. The van der Waals surface area contributed by atoms with E-state index in [1.54, 1.807) is 6.92 Å². The zero-order valence-corrected chi connectivity index (χ0v) is 20.8. The van der Waals surface area contributed by atoms with Gasteiger partial charge in [0.25, 0.3) is 0 Å². The number of amides is 1. The molecule has 1 amide bonds. The van der Waals surface area contributed by atoms with E-state index in [0.29, 0.717) is 29.0 Å². The fourth-order valence-electron chi connectivity index (χ4n) is 3.07. The predicted octanol–water partition coefficient (Wildman–Crippen LogP) is 2.23. The van der Waals surface area contributed by atoms with Gasteiger partial charge in [-0.1, -0.05) is 42.1 Å². The van der Waals surface area contributed by atoms with Crippen molar-refractivity contribution in [3.63, 3.8) is 0 Å². The number of ether oxygens (including phenoxy) is 2. The third-order valence-corrected chi connectivity index (χ3v) is 7.38. The number of thioether (sulfide) groups is 1. The van der Waals surface area contributed by atoms with Crippen LogP contribution >= 0.6 is 11.8 Å². The molecule has 0 saturated heterocycles. The van der Waals surface area contributed by atoms with E-state index in [1.807, 2.05) is 30.3 Å². The minimum Gasteiger partial charge on any atom is -0.493 e. The second kappa shape index (κ2) is 11.9. The Morgan fingerprint density at radius 1 is 1.12 bits per heavy atom. The average molecular weight is 506 g/mol. The number of sulfonamides is 1. The first kappa shape index (κ1) is 25.5. The summed E-state index contributed by atoms with van der Waals surface area (Å²) in [5.74, 6) is 1.54. The van der Waals surface area contributed by atoms with E-state index < -0.39 is 15.9 Å². The Morgan fingerprint density at radius 3 is 2.50 bits per heavy atom. The molecule has 0 saturated carbocycles. The van der Waals surface area contributed by atoms with Crippen molar-refractivity contribution >= 4 is 27.7 Å². The molecule has 3 rings (SSSR count). The lowest BCUT2D eigenvalue weighted by atomic mass is 10.2. The van der Waals surface area contributed by atoms with Gasteiger partial charge in [-0.3, -0.25) is 9.89 Å². The van der Waals surface area contributed by atoms with E-state index in [-0.39, 0.29) is 23.7 Å². The topological polar surface area (TPSA) is 127 Å². The molecular formula is C22H27N5O5S2. The van der Waals surface area contributed by atoms with Crippen molar-refractivity contribution in [3.05, 3.63) is 59.9 Å². The lowest BCUT2D eigenvalue weighted by Crippen LogP contribution is -2.40. The molecule has 0 radical (unpaired) electrons. The summed E-state index contributed by atoms with van der Waals surface area (Å²) in [6.07, 6.45) is 0. The first-order valence-corrected chi connectivity index (χ1v) is 12.8. The second-order valence-electron chi connectivity index (χ2n) is 7.18. The second-order valence-corrected chi connectivity index (χ2v) is 10.2. The predicted molar refractivity (Wildman–Crippen MR) is 128 cm³/mol. The van der Waals surface area contributed by atoms with Crippen molar-refractivity contribution in [1.29, 1.82) is 0 Å². The van der Waals surface area contributed by atoms with Crippen molar-refractivity contribution in [2.75, 3.05) is 33.1 Å². The van der Waals surface area contributed by atoms with Crippen LogP contribution in [0.3, 0.4) is 0 Å². The maximum absolute atomic E-state index is 13.5. The fourth-order valence-corrected chi connectivity index (χ4v) is 5.17. The monoisotopic (exact) mass is 505 g/mol. The number of methoxy groups -OCH3 is 2. The SMILES string of the molecule is COc1ccc(S(=O)(=O)N(CC(=O)NCCSc2n[nH]c(C)n2)Cc2ccccc2)cc1OC. The molecule has 3 aromatic rings. The number of aromatic amines is 1. The summed E-state index contributed by atoms with van der Waals surface area (Å²) in [7, 11) is -1.11. The van der Waals surface area contributed by atoms with E-state index in [2.05, 4.69) is 20.5 Å². The van der Waals surface area contributed by atoms with Crippen LogP contribution in [0.4, 0.5) is 0 Å². The molecule has 1 heterocycles. The summed E-state index contributed by atoms with van der Waals surface area (Å²) in [5.41, 5.74) is 0.759. The summed E-state index contributed by atoms with van der Waals surface area (Å²) in [5, 5.41) is 10.1. The van der Waals surface area contributed by atoms with Crippen LogP contribution in [0.2, 0.25) is 0 Å². The number of nitrogens with one attached hydrogen (secondary N) is 2. The maximum Gasteiger partial charge on any atom is 0.243 e. The Labute approximate surface area is 203 Å². The fraction of sp³-hybridized carbons (Fsp3) is 0.318. The van der Waals surface area contributed by atoms with Crippen LogP contribution in [0.5, 0.6) is 11.5 Å². The van der Waals surface area contributed by atoms with E-state index >= 15 is 0 Å². The quantitative estimate of drug-likeness (QED) is 0.283. The van der Waals surface area contributed by atoms with Crippen LogP contribution in [0.1, 0.15) is 11.4 Å². The minimum absolute atomic E-state index is 0.00409. The van der Waals surface area contributed by atoms with Gasteiger partial charge >= 0.3 is 0 Å². The lowest BCUT2D eigenvalue weighted by molar-refractivity contribution is -0.121. The highest BCUT2D eigenvalue weighted by atomic mass is 32.2. The van der Waals surface area contributed by atoms with Crippen LogP contribution in [0.25, 0.3) is 0 Å². The summed E-state index contributed by atoms with van der Waals surface area (Å²) < 4.78 is 38.6. The zero-order valence-electron chi connectivity index (χ0n) is 19.1. The van der Waals surface area contributed by atoms with Gasteiger partial charge in [-0.25, -0.2) is 13.4 Å². The molecule has 2 aromatic carbocycles. The number of aromatic nitrogens is 3. The van der Waals surface area contributed by atoms with Crippen LogP contribution < -0.4 is 14.8 Å². The van der Waals surface area contributed by atoms with E-state index in [0.717, 1.165) is 9.87 Å². The molecule has 0 aliphatic rings. The normalized spacial score (nSPS) is 11.4. The number of hydrogen-bond acceptors (Lipinski definition) is 8. The molecule has 2 N–H and O–H groups in total. The summed E-state index contributed by atoms with van der Waals surface area (Å²) >= 11 is 1.39. The molecule has 182 valence electrons. The van der Waals surface area contributed by atoms with Crippen molar-refractivity contribution in [1.82, 2.24) is 24.8 Å². The van der Waals surface area contributed by atoms with Crippen molar-refractivity contribution in [2.24, 2.45) is 0 Å². The number of hydrogen-bond donors (Lipinski definition) is 2. The number of benzene rings is 2. The zero-order chi connectivity index (χ0) is 24.6. The minimum atomic E-state index is -4.02. The Hall–Kier alpha value is -3.09. The first-order chi connectivity index (χ1) is 16.3. The van der Waals surface area contributed by atoms with Gasteiger partial charge in [-0.2, -0.15) is 4.31 Å². The molecule has 0 aliphatic heterocycles. The van der Waals surface area contributed by atoms with Gasteiger partial charge in [0.2, 0.25) is 21.1 Å². The molecule has 1 aromatic heterocycles. The summed E-state index contributed by atoms with van der Waals surface area (Å²) in [6.45, 7) is 1.85. The van der Waals surface area contributed by atoms with E-state index in [9.17, 15) is 13.2 Å². The third kappa shape index (κ3) is 6.72. The highest BCUT2D eigenvalue weighted by molar-refractivity contribution is 7.99. The maximum atomic E-state index is 13.5. The Morgan fingerprint density at radius 2 is 1.85 bits per heavy atom. The number of H-pyrrole nitrogens is 1. The van der Waals surface area contributed by atoms with E-state index in [4.69, 9.17) is 9.47 Å². The van der Waals surface area contributed by atoms with Gasteiger partial charge in [-0.05, 0) is 24.6 Å². The van der Waals surface area contributed by atoms with Crippen LogP contribution in [0, 0.1) is 6.92 Å². The number of nitrogens with zero attached hydrogens (tertiary/aromatic N) is 3. The van der Waals surface area contributed by atoms with Crippen LogP contribution in [0.15, 0.2) is 58.6 Å². The summed E-state index contributed by atoms with van der Waals surface area (Å²) in [4.78, 5) is 16.8. The largest absolute Gasteiger partial charge is 0.493 e. The molecule has 0 fully saturated rings. The van der Waals surface area contributed by atoms with Crippen molar-refractivity contribution in [2.45, 2.75) is 23.5 Å². The highest BCUT2D eigenvalue weighted by Gasteiger charge is 2.28. The van der Waals surface area contributed by atoms with Gasteiger partial charge in [0.05, 0.1) is 25.7 Å². The van der Waals surface area contributed by atoms with Crippen molar-refractivity contribution < 1.29 is 22.7 Å². The number of rotatable bonds is 12. The molecular weight excluding hydrogens is 478 g/mol. The molecule has 10 nitrogen and oxygen atoms in total. The number of aryl methyl sites for hydroxylation is 1.